The molecule has 0 saturated carbocycles. The third-order valence-corrected chi connectivity index (χ3v) is 4.57. The minimum absolute atomic E-state index is 0.0755. The molecule has 0 radical (unpaired) electrons. The van der Waals surface area contributed by atoms with E-state index >= 15 is 0 Å². The third-order valence-electron chi connectivity index (χ3n) is 4.57. The molecule has 0 bridgehead atoms. The molecule has 1 heterocycles. The van der Waals surface area contributed by atoms with Crippen molar-refractivity contribution in [3.05, 3.63) is 34.9 Å². The van der Waals surface area contributed by atoms with Crippen LogP contribution in [0.4, 0.5) is 26.3 Å². The second kappa shape index (κ2) is 6.75. The predicted octanol–water partition coefficient (Wildman–Crippen LogP) is 4.17. The minimum atomic E-state index is -4.93. The van der Waals surface area contributed by atoms with Crippen LogP contribution < -0.4 is 5.32 Å². The average molecular weight is 382 g/mol. The van der Waals surface area contributed by atoms with Crippen molar-refractivity contribution < 1.29 is 31.1 Å². The summed E-state index contributed by atoms with van der Waals surface area (Å²) in [6, 6.07) is 0.927. The van der Waals surface area contributed by atoms with E-state index in [9.17, 15) is 31.1 Å². The van der Waals surface area contributed by atoms with Crippen molar-refractivity contribution >= 4 is 5.91 Å². The van der Waals surface area contributed by atoms with E-state index in [2.05, 4.69) is 5.32 Å². The molecule has 9 heteroatoms. The van der Waals surface area contributed by atoms with Gasteiger partial charge in [0.2, 0.25) is 5.91 Å². The highest BCUT2D eigenvalue weighted by molar-refractivity contribution is 5.82. The summed E-state index contributed by atoms with van der Waals surface area (Å²) in [6.07, 6.45) is -8.46. The molecule has 3 nitrogen and oxygen atoms in total. The van der Waals surface area contributed by atoms with Gasteiger partial charge < -0.3 is 5.32 Å². The number of carbonyl (C=O) groups excluding carboxylic acids is 1. The number of hydrogen-bond donors (Lipinski definition) is 1. The Morgan fingerprint density at radius 1 is 1.00 bits per heavy atom. The largest absolute Gasteiger partial charge is 0.416 e. The lowest BCUT2D eigenvalue weighted by Crippen LogP contribution is -2.49. The van der Waals surface area contributed by atoms with Gasteiger partial charge in [-0.15, -0.1) is 0 Å². The molecule has 26 heavy (non-hydrogen) atoms. The monoisotopic (exact) mass is 382 g/mol. The highest BCUT2D eigenvalue weighted by atomic mass is 19.4. The quantitative estimate of drug-likeness (QED) is 0.796. The van der Waals surface area contributed by atoms with Crippen LogP contribution in [0.25, 0.3) is 0 Å². The average Bonchev–Trinajstić information content (AvgIpc) is 2.91. The van der Waals surface area contributed by atoms with E-state index < -0.39 is 41.0 Å². The summed E-state index contributed by atoms with van der Waals surface area (Å²) in [7, 11) is 1.75. The molecular formula is C17H20F6N2O. The molecule has 1 aliphatic rings. The van der Waals surface area contributed by atoms with Crippen molar-refractivity contribution in [1.29, 1.82) is 0 Å². The normalized spacial score (nSPS) is 19.7. The molecule has 0 unspecified atom stereocenters. The number of halogens is 6. The number of nitrogens with zero attached hydrogens (tertiary/aromatic N) is 1. The first-order valence-corrected chi connectivity index (χ1v) is 8.04. The number of likely N-dealkylation sites (tertiary alicyclic amines) is 1. The Hall–Kier alpha value is -1.77. The fraction of sp³-hybridized carbons (Fsp3) is 0.588. The lowest BCUT2D eigenvalue weighted by molar-refractivity contribution is -0.143. The van der Waals surface area contributed by atoms with Crippen LogP contribution in [-0.2, 0) is 22.7 Å². The van der Waals surface area contributed by atoms with Crippen LogP contribution in [0, 0.1) is 0 Å². The number of benzene rings is 1. The molecule has 1 saturated heterocycles. The van der Waals surface area contributed by atoms with Gasteiger partial charge in [0.1, 0.15) is 0 Å². The van der Waals surface area contributed by atoms with Gasteiger partial charge in [0, 0.05) is 0 Å². The van der Waals surface area contributed by atoms with Crippen LogP contribution in [0.5, 0.6) is 0 Å². The van der Waals surface area contributed by atoms with Crippen molar-refractivity contribution in [2.24, 2.45) is 0 Å². The molecule has 1 atom stereocenters. The Balaban J connectivity index is 2.39. The summed E-state index contributed by atoms with van der Waals surface area (Å²) in [5.74, 6) is -0.416. The number of carbonyl (C=O) groups is 1. The van der Waals surface area contributed by atoms with Crippen LogP contribution in [0.15, 0.2) is 18.2 Å². The minimum Gasteiger partial charge on any atom is -0.346 e. The lowest BCUT2D eigenvalue weighted by Gasteiger charge is -2.31. The summed E-state index contributed by atoms with van der Waals surface area (Å²) in [5, 5.41) is 2.59. The first kappa shape index (κ1) is 20.5. The number of amides is 1. The lowest BCUT2D eigenvalue weighted by atomic mass is 9.90. The molecule has 2 rings (SSSR count). The highest BCUT2D eigenvalue weighted by Crippen LogP contribution is 2.38. The van der Waals surface area contributed by atoms with E-state index in [1.165, 1.54) is 13.8 Å². The fourth-order valence-corrected chi connectivity index (χ4v) is 3.02. The maximum atomic E-state index is 13.0. The molecule has 1 aromatic rings. The van der Waals surface area contributed by atoms with E-state index in [-0.39, 0.29) is 11.6 Å². The first-order valence-electron chi connectivity index (χ1n) is 8.04. The number of likely N-dealkylation sites (N-methyl/N-ethyl adjacent to an activating group) is 1. The molecule has 146 valence electrons. The fourth-order valence-electron chi connectivity index (χ4n) is 3.02. The van der Waals surface area contributed by atoms with Gasteiger partial charge in [-0.1, -0.05) is 0 Å². The first-order chi connectivity index (χ1) is 11.7. The van der Waals surface area contributed by atoms with Gasteiger partial charge in [0.25, 0.3) is 0 Å². The number of alkyl halides is 6. The van der Waals surface area contributed by atoms with Crippen LogP contribution in [-0.4, -0.2) is 30.4 Å². The molecule has 1 N–H and O–H groups in total. The summed E-state index contributed by atoms with van der Waals surface area (Å²) in [4.78, 5) is 14.2. The second-order valence-corrected chi connectivity index (χ2v) is 7.05. The zero-order chi connectivity index (χ0) is 19.9. The zero-order valence-electron chi connectivity index (χ0n) is 14.6. The van der Waals surface area contributed by atoms with Gasteiger partial charge in [-0.3, -0.25) is 9.69 Å². The van der Waals surface area contributed by atoms with Crippen LogP contribution >= 0.6 is 0 Å². The van der Waals surface area contributed by atoms with Gasteiger partial charge >= 0.3 is 12.4 Å². The molecule has 0 aromatic heterocycles. The van der Waals surface area contributed by atoms with E-state index in [1.807, 2.05) is 0 Å². The van der Waals surface area contributed by atoms with E-state index in [1.54, 1.807) is 11.9 Å². The number of nitrogens with one attached hydrogen (secondary N) is 1. The van der Waals surface area contributed by atoms with Crippen LogP contribution in [0.1, 0.15) is 43.4 Å². The van der Waals surface area contributed by atoms with Gasteiger partial charge in [-0.05, 0) is 64.0 Å². The van der Waals surface area contributed by atoms with Gasteiger partial charge in [0.15, 0.2) is 0 Å². The van der Waals surface area contributed by atoms with Crippen molar-refractivity contribution in [3.63, 3.8) is 0 Å². The number of rotatable bonds is 3. The van der Waals surface area contributed by atoms with Crippen molar-refractivity contribution in [2.75, 3.05) is 13.6 Å². The van der Waals surface area contributed by atoms with Crippen molar-refractivity contribution in [3.8, 4) is 0 Å². The van der Waals surface area contributed by atoms with Gasteiger partial charge in [-0.25, -0.2) is 0 Å². The van der Waals surface area contributed by atoms with Crippen LogP contribution in [0.2, 0.25) is 0 Å². The summed E-state index contributed by atoms with van der Waals surface area (Å²) < 4.78 is 78.1. The molecular weight excluding hydrogens is 362 g/mol. The molecule has 0 spiro atoms. The molecule has 0 aliphatic carbocycles. The second-order valence-electron chi connectivity index (χ2n) is 7.05. The molecule has 1 aromatic carbocycles. The van der Waals surface area contributed by atoms with Crippen LogP contribution in [0.3, 0.4) is 0 Å². The number of hydrogen-bond acceptors (Lipinski definition) is 2. The van der Waals surface area contributed by atoms with E-state index in [0.29, 0.717) is 25.1 Å². The maximum Gasteiger partial charge on any atom is 0.416 e. The summed E-state index contributed by atoms with van der Waals surface area (Å²) >= 11 is 0. The smallest absolute Gasteiger partial charge is 0.346 e. The molecule has 1 amide bonds. The molecule has 1 aliphatic heterocycles. The van der Waals surface area contributed by atoms with Crippen molar-refractivity contribution in [1.82, 2.24) is 10.2 Å². The Kier molecular flexibility index (Phi) is 5.34. The highest BCUT2D eigenvalue weighted by Gasteiger charge is 2.39. The Bertz CT molecular complexity index is 649. The summed E-state index contributed by atoms with van der Waals surface area (Å²) in [6.45, 7) is 3.48. The Labute approximate surface area is 147 Å². The third kappa shape index (κ3) is 4.49. The van der Waals surface area contributed by atoms with Gasteiger partial charge in [0.05, 0.1) is 22.7 Å². The topological polar surface area (TPSA) is 32.3 Å². The SMILES string of the molecule is CN1CCC[C@@H]1C(=O)NC(C)(C)c1cc(C(F)(F)F)cc(C(F)(F)F)c1. The zero-order valence-corrected chi connectivity index (χ0v) is 14.6. The standard InChI is InChI=1S/C17H20F6N2O/c1-15(2,24-14(26)13-5-4-6-25(13)3)10-7-11(16(18,19)20)9-12(8-10)17(21,22)23/h7-9,13H,4-6H2,1-3H3,(H,24,26)/t13-/m1/s1. The maximum absolute atomic E-state index is 13.0. The Morgan fingerprint density at radius 3 is 1.85 bits per heavy atom. The van der Waals surface area contributed by atoms with Gasteiger partial charge in [-0.2, -0.15) is 26.3 Å². The van der Waals surface area contributed by atoms with E-state index in [4.69, 9.17) is 0 Å². The predicted molar refractivity (Wildman–Crippen MR) is 83.3 cm³/mol. The van der Waals surface area contributed by atoms with Crippen molar-refractivity contribution in [2.45, 2.75) is 50.6 Å². The Morgan fingerprint density at radius 2 is 1.46 bits per heavy atom. The summed E-state index contributed by atoms with van der Waals surface area (Å²) in [5.41, 5.74) is -4.46. The molecule has 1 fully saturated rings. The van der Waals surface area contributed by atoms with E-state index in [0.717, 1.165) is 6.42 Å².